The number of hydrogen-bond acceptors (Lipinski definition) is 8. The minimum absolute atomic E-state index is 0.0917. The molecular formula is C69H87N3O5. The zero-order valence-electron chi connectivity index (χ0n) is 46.5. The van der Waals surface area contributed by atoms with Crippen LogP contribution >= 0.6 is 0 Å². The van der Waals surface area contributed by atoms with Crippen LogP contribution in [0.2, 0.25) is 0 Å². The Labute approximate surface area is 458 Å². The van der Waals surface area contributed by atoms with Gasteiger partial charge in [-0.3, -0.25) is 9.69 Å². The summed E-state index contributed by atoms with van der Waals surface area (Å²) in [7, 11) is 0. The fraction of sp³-hybridized carbons (Fsp3) is 0.768. The highest BCUT2D eigenvalue weighted by Crippen LogP contribution is 2.90. The highest BCUT2D eigenvalue weighted by atomic mass is 16.6. The van der Waals surface area contributed by atoms with Crippen molar-refractivity contribution in [1.82, 2.24) is 9.80 Å². The Kier molecular flexibility index (Phi) is 9.01. The molecule has 8 nitrogen and oxygen atoms in total. The first-order valence-electron chi connectivity index (χ1n) is 33.0. The van der Waals surface area contributed by atoms with Gasteiger partial charge in [0.2, 0.25) is 0 Å². The van der Waals surface area contributed by atoms with Gasteiger partial charge in [-0.05, 0) is 223 Å². The number of hydrogen-bond donors (Lipinski definition) is 2. The molecule has 8 heterocycles. The molecule has 16 unspecified atom stereocenters. The van der Waals surface area contributed by atoms with Crippen LogP contribution in [0.5, 0.6) is 0 Å². The molecule has 12 fully saturated rings. The van der Waals surface area contributed by atoms with E-state index in [1.54, 1.807) is 22.4 Å². The predicted octanol–water partition coefficient (Wildman–Crippen LogP) is 13.3. The molecule has 8 aliphatic heterocycles. The second kappa shape index (κ2) is 15.0. The molecule has 0 radical (unpaired) electrons. The van der Waals surface area contributed by atoms with Gasteiger partial charge in [-0.1, -0.05) is 86.4 Å². The van der Waals surface area contributed by atoms with E-state index in [1.165, 1.54) is 147 Å². The lowest BCUT2D eigenvalue weighted by atomic mass is 9.26. The Hall–Kier alpha value is -3.36. The van der Waals surface area contributed by atoms with E-state index in [-0.39, 0.29) is 46.6 Å². The SMILES string of the molecule is CC1CC2=C3C4C5=C6C7CC14CCC7=CC(C1CCCC1)CC1C64C(=O)OC(=C(O)C6CC7CCC8(CC9(CCCC9)C9(CCCC9)C8)C6N6CC8CC(CN3C8CC2)C76)C4(CC5)C12OC(=O)c1c(CCCN)cccc12. The molecule has 11 bridgehead atoms. The zero-order valence-corrected chi connectivity index (χ0v) is 46.5. The molecule has 1 aromatic carbocycles. The maximum Gasteiger partial charge on any atom is 0.339 e. The van der Waals surface area contributed by atoms with Gasteiger partial charge in [0.05, 0.1) is 11.0 Å². The maximum absolute atomic E-state index is 17.1. The van der Waals surface area contributed by atoms with E-state index in [4.69, 9.17) is 15.2 Å². The number of allylic oxidation sites excluding steroid dienone is 4. The van der Waals surface area contributed by atoms with Crippen LogP contribution in [0, 0.1) is 91.7 Å². The summed E-state index contributed by atoms with van der Waals surface area (Å²) in [5.41, 5.74) is 15.1. The summed E-state index contributed by atoms with van der Waals surface area (Å²) < 4.78 is 15.2. The third kappa shape index (κ3) is 4.99. The van der Waals surface area contributed by atoms with Gasteiger partial charge >= 0.3 is 11.9 Å². The van der Waals surface area contributed by atoms with E-state index in [9.17, 15) is 5.11 Å². The number of benzene rings is 1. The van der Waals surface area contributed by atoms with Gasteiger partial charge in [-0.15, -0.1) is 0 Å². The van der Waals surface area contributed by atoms with E-state index in [0.717, 1.165) is 68.2 Å². The van der Waals surface area contributed by atoms with Crippen molar-refractivity contribution in [2.75, 3.05) is 19.6 Å². The van der Waals surface area contributed by atoms with E-state index in [2.05, 4.69) is 41.0 Å². The van der Waals surface area contributed by atoms with Crippen molar-refractivity contribution in [2.24, 2.45) is 97.4 Å². The van der Waals surface area contributed by atoms with E-state index >= 15 is 9.59 Å². The molecule has 408 valence electrons. The second-order valence-electron chi connectivity index (χ2n) is 31.3. The van der Waals surface area contributed by atoms with E-state index < -0.39 is 16.4 Å². The Morgan fingerprint density at radius 1 is 0.818 bits per heavy atom. The Bertz CT molecular complexity index is 2980. The number of nitrogens with two attached hydrogens (primary N) is 1. The molecule has 0 amide bonds. The van der Waals surface area contributed by atoms with Crippen LogP contribution in [0.4, 0.5) is 0 Å². The van der Waals surface area contributed by atoms with Gasteiger partial charge in [-0.2, -0.15) is 0 Å². The average Bonchev–Trinajstić information content (AvgIpc) is 4.49. The first kappa shape index (κ1) is 46.3. The fourth-order valence-electron chi connectivity index (χ4n) is 27.9. The number of nitrogens with zero attached hydrogens (tertiary/aromatic N) is 2. The van der Waals surface area contributed by atoms with Crippen molar-refractivity contribution in [2.45, 2.75) is 217 Å². The van der Waals surface area contributed by atoms with E-state index in [1.807, 2.05) is 0 Å². The Balaban J connectivity index is 0.921. The van der Waals surface area contributed by atoms with Gasteiger partial charge in [0.15, 0.2) is 11.4 Å². The number of piperidine rings is 3. The van der Waals surface area contributed by atoms with Crippen molar-refractivity contribution in [3.8, 4) is 0 Å². The molecule has 20 rings (SSSR count). The summed E-state index contributed by atoms with van der Waals surface area (Å²) in [6, 6.07) is 7.89. The lowest BCUT2D eigenvalue weighted by molar-refractivity contribution is -0.284. The zero-order chi connectivity index (χ0) is 51.0. The topological polar surface area (TPSA) is 105 Å². The smallest absolute Gasteiger partial charge is 0.339 e. The Morgan fingerprint density at radius 3 is 2.42 bits per heavy atom. The molecule has 1 aromatic rings. The summed E-state index contributed by atoms with van der Waals surface area (Å²) in [6.07, 6.45) is 37.6. The summed E-state index contributed by atoms with van der Waals surface area (Å²) in [5.74, 6) is 3.96. The third-order valence-corrected chi connectivity index (χ3v) is 29.7. The lowest BCUT2D eigenvalue weighted by Crippen LogP contribution is -2.78. The average molecular weight is 1040 g/mol. The Morgan fingerprint density at radius 2 is 1.62 bits per heavy atom. The first-order valence-corrected chi connectivity index (χ1v) is 33.0. The lowest BCUT2D eigenvalue weighted by Gasteiger charge is -2.74. The van der Waals surface area contributed by atoms with Crippen molar-refractivity contribution in [3.63, 3.8) is 0 Å². The number of aliphatic hydroxyl groups excluding tert-OH is 1. The van der Waals surface area contributed by atoms with Crippen molar-refractivity contribution in [1.29, 1.82) is 0 Å². The molecule has 3 N–H and O–H groups in total. The molecule has 77 heavy (non-hydrogen) atoms. The number of ether oxygens (including phenoxy) is 2. The predicted molar refractivity (Wildman–Crippen MR) is 293 cm³/mol. The van der Waals surface area contributed by atoms with Gasteiger partial charge in [0.1, 0.15) is 11.2 Å². The number of fused-ring (bicyclic) bond motifs is 8. The van der Waals surface area contributed by atoms with Crippen molar-refractivity contribution in [3.05, 3.63) is 80.5 Å². The second-order valence-corrected chi connectivity index (χ2v) is 31.3. The highest BCUT2D eigenvalue weighted by Gasteiger charge is 2.94. The summed E-state index contributed by atoms with van der Waals surface area (Å²) >= 11 is 0. The molecule has 8 heteroatoms. The van der Waals surface area contributed by atoms with Crippen LogP contribution in [-0.4, -0.2) is 64.6 Å². The molecule has 7 spiro atoms. The number of esters is 2. The third-order valence-electron chi connectivity index (χ3n) is 29.7. The standard InChI is InChI=1S/C69H87N3O5/c1-38-28-42-15-16-51-45-30-46-35-71(51)57(42)55-47-19-26-67-60(58(73)48-31-43-17-24-63(59(48)72(34-45)56(43)46)36-64(20-4-5-21-64)65(37-63)22-6-7-23-65)76-62(75)68(67)52(69(67)50-14-8-12-40(13-9-27-70)53(50)61(74)77-69)32-44(39-10-2-3-11-39)29-41-18-25-66(38,55)33-49(41)54(47)68/h8,12,14,29,38-39,43-46,48-49,51-52,55-56,59,73H,2-7,9-11,13,15-28,30-37,70H2,1H3. The van der Waals surface area contributed by atoms with Crippen LogP contribution < -0.4 is 5.73 Å². The molecule has 16 atom stereocenters. The van der Waals surface area contributed by atoms with Crippen LogP contribution in [0.1, 0.15) is 208 Å². The number of carbonyl (C=O) groups excluding carboxylic acids is 2. The molecule has 5 saturated heterocycles. The molecule has 11 aliphatic carbocycles. The van der Waals surface area contributed by atoms with Gasteiger partial charge in [-0.25, -0.2) is 4.79 Å². The monoisotopic (exact) mass is 1040 g/mol. The van der Waals surface area contributed by atoms with Gasteiger partial charge in [0, 0.05) is 66.1 Å². The molecule has 7 saturated carbocycles. The number of carbonyl (C=O) groups is 2. The number of aliphatic hydroxyl groups is 1. The van der Waals surface area contributed by atoms with Crippen molar-refractivity contribution >= 4 is 11.9 Å². The summed E-state index contributed by atoms with van der Waals surface area (Å²) in [5, 5.41) is 14.7. The van der Waals surface area contributed by atoms with Gasteiger partial charge in [0.25, 0.3) is 0 Å². The van der Waals surface area contributed by atoms with Crippen LogP contribution in [-0.2, 0) is 26.3 Å². The highest BCUT2D eigenvalue weighted by molar-refractivity contribution is 6.00. The fourth-order valence-corrected chi connectivity index (χ4v) is 27.9. The minimum atomic E-state index is -1.13. The molecule has 0 aromatic heterocycles. The van der Waals surface area contributed by atoms with Crippen LogP contribution in [0.3, 0.4) is 0 Å². The van der Waals surface area contributed by atoms with Crippen LogP contribution in [0.15, 0.2) is 63.8 Å². The normalized spacial score (nSPS) is 47.9. The first-order chi connectivity index (χ1) is 37.6. The largest absolute Gasteiger partial charge is 0.508 e. The number of rotatable bonds is 4. The minimum Gasteiger partial charge on any atom is -0.508 e. The maximum atomic E-state index is 17.1. The molecular weight excluding hydrogens is 951 g/mol. The van der Waals surface area contributed by atoms with Crippen LogP contribution in [0.25, 0.3) is 0 Å². The molecule has 19 aliphatic rings. The quantitative estimate of drug-likeness (QED) is 0.227. The summed E-state index contributed by atoms with van der Waals surface area (Å²) in [6.45, 7) is 5.58. The summed E-state index contributed by atoms with van der Waals surface area (Å²) in [4.78, 5) is 39.0. The number of aryl methyl sites for hydroxylation is 1. The van der Waals surface area contributed by atoms with E-state index in [0.29, 0.717) is 88.8 Å². The van der Waals surface area contributed by atoms with Gasteiger partial charge < -0.3 is 25.2 Å². The van der Waals surface area contributed by atoms with Crippen molar-refractivity contribution < 1.29 is 24.2 Å².